The van der Waals surface area contributed by atoms with Crippen molar-refractivity contribution in [3.63, 3.8) is 0 Å². The predicted molar refractivity (Wildman–Crippen MR) is 67.4 cm³/mol. The van der Waals surface area contributed by atoms with Gasteiger partial charge in [0.2, 0.25) is 0 Å². The van der Waals surface area contributed by atoms with E-state index in [0.29, 0.717) is 5.41 Å². The summed E-state index contributed by atoms with van der Waals surface area (Å²) in [6.07, 6.45) is 5.14. The molecule has 0 radical (unpaired) electrons. The van der Waals surface area contributed by atoms with Crippen LogP contribution in [0.25, 0.3) is 0 Å². The van der Waals surface area contributed by atoms with Crippen LogP contribution in [0.5, 0.6) is 0 Å². The van der Waals surface area contributed by atoms with Gasteiger partial charge < -0.3 is 4.43 Å². The van der Waals surface area contributed by atoms with Crippen molar-refractivity contribution >= 4 is 8.32 Å². The average molecular weight is 224 g/mol. The van der Waals surface area contributed by atoms with Gasteiger partial charge in [-0.2, -0.15) is 0 Å². The monoisotopic (exact) mass is 224 g/mol. The van der Waals surface area contributed by atoms with Crippen LogP contribution < -0.4 is 0 Å². The maximum Gasteiger partial charge on any atom is 0.184 e. The van der Waals surface area contributed by atoms with Crippen LogP contribution in [0.1, 0.15) is 26.7 Å². The second-order valence-corrected chi connectivity index (χ2v) is 11.2. The van der Waals surface area contributed by atoms with Crippen molar-refractivity contribution in [1.29, 1.82) is 0 Å². The molecule has 1 saturated carbocycles. The lowest BCUT2D eigenvalue weighted by Crippen LogP contribution is -2.49. The maximum atomic E-state index is 6.03. The smallest absolute Gasteiger partial charge is 0.184 e. The molecule has 0 aliphatic heterocycles. The summed E-state index contributed by atoms with van der Waals surface area (Å²) in [6, 6.07) is 0. The van der Waals surface area contributed by atoms with Crippen molar-refractivity contribution < 1.29 is 4.43 Å². The number of hydrogen-bond acceptors (Lipinski definition) is 1. The minimum atomic E-state index is -1.34. The molecule has 0 amide bonds. The largest absolute Gasteiger partial charge is 0.414 e. The van der Waals surface area contributed by atoms with Crippen molar-refractivity contribution in [2.24, 2.45) is 17.3 Å². The molecule has 2 heteroatoms. The summed E-state index contributed by atoms with van der Waals surface area (Å²) in [5.74, 6) is 1.76. The Labute approximate surface area is 95.0 Å². The van der Waals surface area contributed by atoms with E-state index in [1.165, 1.54) is 12.8 Å². The first kappa shape index (κ1) is 11.4. The Morgan fingerprint density at radius 2 is 2.07 bits per heavy atom. The molecule has 1 fully saturated rings. The normalized spacial score (nSPS) is 33.3. The van der Waals surface area contributed by atoms with Gasteiger partial charge in [-0.05, 0) is 55.3 Å². The van der Waals surface area contributed by atoms with Crippen LogP contribution in [-0.4, -0.2) is 14.9 Å². The van der Waals surface area contributed by atoms with Crippen molar-refractivity contribution in [1.82, 2.24) is 0 Å². The Bertz CT molecular complexity index is 285. The van der Waals surface area contributed by atoms with Crippen molar-refractivity contribution in [3.8, 4) is 0 Å². The molecule has 0 heterocycles. The summed E-state index contributed by atoms with van der Waals surface area (Å²) < 4.78 is 6.03. The minimum Gasteiger partial charge on any atom is -0.414 e. The van der Waals surface area contributed by atoms with E-state index < -0.39 is 8.32 Å². The molecule has 3 aliphatic rings. The van der Waals surface area contributed by atoms with Gasteiger partial charge in [-0.1, -0.05) is 19.9 Å². The third-order valence-electron chi connectivity index (χ3n) is 4.25. The topological polar surface area (TPSA) is 9.23 Å². The molecule has 86 valence electrons. The van der Waals surface area contributed by atoms with E-state index in [4.69, 9.17) is 4.43 Å². The quantitative estimate of drug-likeness (QED) is 0.523. The molecule has 1 nitrogen and oxygen atoms in total. The predicted octanol–water partition coefficient (Wildman–Crippen LogP) is 3.83. The zero-order chi connectivity index (χ0) is 11.3. The van der Waals surface area contributed by atoms with E-state index in [0.717, 1.165) is 18.4 Å². The second-order valence-electron chi connectivity index (χ2n) is 6.72. The lowest BCUT2D eigenvalue weighted by atomic mass is 9.49. The fraction of sp³-hybridized carbons (Fsp3) is 0.846. The first-order chi connectivity index (χ1) is 6.81. The highest BCUT2D eigenvalue weighted by atomic mass is 28.4. The van der Waals surface area contributed by atoms with Gasteiger partial charge in [0.25, 0.3) is 0 Å². The molecular weight excluding hydrogens is 200 g/mol. The van der Waals surface area contributed by atoms with Gasteiger partial charge in [-0.3, -0.25) is 0 Å². The molecule has 0 unspecified atom stereocenters. The lowest BCUT2D eigenvalue weighted by molar-refractivity contribution is -0.0118. The van der Waals surface area contributed by atoms with Gasteiger partial charge in [0.1, 0.15) is 0 Å². The van der Waals surface area contributed by atoms with Gasteiger partial charge in [0, 0.05) is 0 Å². The number of allylic oxidation sites excluding steroid dienone is 1. The molecule has 2 bridgehead atoms. The molecule has 0 saturated heterocycles. The SMILES string of the molecule is CC1(C)[C@H]2CC=C(CO[Si](C)(C)C)[C@@H]1C2. The molecular formula is C13H24OSi. The standard InChI is InChI=1S/C13H24OSi/c1-13(2)11-7-6-10(12(13)8-11)9-14-15(3,4)5/h6,11-12H,7-9H2,1-5H3/t11-,12-/m0/s1. The van der Waals surface area contributed by atoms with Gasteiger partial charge >= 0.3 is 0 Å². The summed E-state index contributed by atoms with van der Waals surface area (Å²) >= 11 is 0. The zero-order valence-corrected chi connectivity index (χ0v) is 11.8. The Morgan fingerprint density at radius 3 is 2.53 bits per heavy atom. The fourth-order valence-electron chi connectivity index (χ4n) is 2.94. The minimum absolute atomic E-state index is 0.548. The van der Waals surface area contributed by atoms with Crippen LogP contribution in [0.4, 0.5) is 0 Å². The van der Waals surface area contributed by atoms with Gasteiger partial charge in [-0.15, -0.1) is 0 Å². The summed E-state index contributed by atoms with van der Waals surface area (Å²) in [7, 11) is -1.34. The highest BCUT2D eigenvalue weighted by Gasteiger charge is 2.51. The van der Waals surface area contributed by atoms with Crippen LogP contribution in [0.2, 0.25) is 19.6 Å². The summed E-state index contributed by atoms with van der Waals surface area (Å²) in [6.45, 7) is 12.6. The average Bonchev–Trinajstić information content (AvgIpc) is 2.13. The Hall–Kier alpha value is -0.0831. The number of rotatable bonds is 3. The van der Waals surface area contributed by atoms with Gasteiger partial charge in [0.05, 0.1) is 6.61 Å². The number of hydrogen-bond donors (Lipinski definition) is 0. The molecule has 3 rings (SSSR count). The first-order valence-electron chi connectivity index (χ1n) is 6.13. The molecule has 0 aromatic rings. The first-order valence-corrected chi connectivity index (χ1v) is 9.54. The Balaban J connectivity index is 1.97. The van der Waals surface area contributed by atoms with Crippen molar-refractivity contribution in [2.75, 3.05) is 6.61 Å². The molecule has 0 N–H and O–H groups in total. The van der Waals surface area contributed by atoms with Crippen LogP contribution in [-0.2, 0) is 4.43 Å². The summed E-state index contributed by atoms with van der Waals surface area (Å²) in [4.78, 5) is 0. The molecule has 15 heavy (non-hydrogen) atoms. The Kier molecular flexibility index (Phi) is 2.63. The van der Waals surface area contributed by atoms with Crippen LogP contribution >= 0.6 is 0 Å². The molecule has 0 aromatic carbocycles. The molecule has 0 aromatic heterocycles. The van der Waals surface area contributed by atoms with Crippen LogP contribution in [0, 0.1) is 17.3 Å². The van der Waals surface area contributed by atoms with E-state index in [-0.39, 0.29) is 0 Å². The third-order valence-corrected chi connectivity index (χ3v) is 5.26. The third kappa shape index (κ3) is 2.07. The van der Waals surface area contributed by atoms with Crippen molar-refractivity contribution in [3.05, 3.63) is 11.6 Å². The Morgan fingerprint density at radius 1 is 1.40 bits per heavy atom. The number of fused-ring (bicyclic) bond motifs is 1. The maximum absolute atomic E-state index is 6.03. The van der Waals surface area contributed by atoms with E-state index in [9.17, 15) is 0 Å². The van der Waals surface area contributed by atoms with Crippen molar-refractivity contribution in [2.45, 2.75) is 46.3 Å². The highest BCUT2D eigenvalue weighted by molar-refractivity contribution is 6.69. The van der Waals surface area contributed by atoms with Gasteiger partial charge in [-0.25, -0.2) is 0 Å². The van der Waals surface area contributed by atoms with E-state index >= 15 is 0 Å². The van der Waals surface area contributed by atoms with Crippen LogP contribution in [0.3, 0.4) is 0 Å². The zero-order valence-electron chi connectivity index (χ0n) is 10.8. The molecule has 3 aliphatic carbocycles. The summed E-state index contributed by atoms with van der Waals surface area (Å²) in [5.41, 5.74) is 2.14. The van der Waals surface area contributed by atoms with E-state index in [2.05, 4.69) is 39.6 Å². The lowest BCUT2D eigenvalue weighted by Gasteiger charge is -2.56. The molecule has 0 spiro atoms. The van der Waals surface area contributed by atoms with Crippen LogP contribution in [0.15, 0.2) is 11.6 Å². The van der Waals surface area contributed by atoms with E-state index in [1.807, 2.05) is 0 Å². The second kappa shape index (κ2) is 3.46. The summed E-state index contributed by atoms with van der Waals surface area (Å²) in [5, 5.41) is 0. The van der Waals surface area contributed by atoms with Gasteiger partial charge in [0.15, 0.2) is 8.32 Å². The van der Waals surface area contributed by atoms with E-state index in [1.54, 1.807) is 5.57 Å². The fourth-order valence-corrected chi connectivity index (χ4v) is 3.54. The highest BCUT2D eigenvalue weighted by Crippen LogP contribution is 2.59. The molecule has 2 atom stereocenters.